The molecule has 768 valence electrons. The van der Waals surface area contributed by atoms with Crippen molar-refractivity contribution < 1.29 is 196 Å². The standard InChI is InChI=1S/C33H52O16.C25H52O16.C7H14O4.C5H8Br4.C5H12O4.C3H8.CH4.Br4HP/c1-25-38-13-30(14-39-25,15-40-25)9-34-5-29(6-35-10-31-16-41-26(2,42-17-31)43-18-31,7-36-11-32-19-44-27(3,45-20-32)46-21-32)8-37-12-33-22-47-28(4,48-23-33)49-24-33;26-1-21(2-27,3-28)13-38-17-25(18-39-14-22(4-29,5-30)6-31,19-40-15-23(7-32,8-33)9-34)20-41-16-24(10-35,11-36)12-37;1-6-10-4-7(2-8,3-9)5-11-6;2*6-1-5(2-7,3-8)4-9;1-3-2;;1-5(2,3)4/h5-24H2,1-4H3;26-37H,1-20H2;6,8-9H,2-5H2,1H3;1-4H2;6-9H,1-4H2;3H2,1-2H3;1H4;5H/i;;;;;;;5D. The SMILES string of the molecule is BrCC(CBr)(CBr)CBr.C.CC12OCC(COCC(COCC34COC(C)(OC3)OC4)(COCC34COC(C)(OC3)OC4)COCC34COC(C)(OC3)OC4)(CO1)CO2.CC1OCC(CO)(CO)CO1.CCC.OCC(CO)(CO)CO.OCC(CO)(CO)COCC(COCC(CO)(CO)CO)(COCC(CO)(CO)CO)COCC(CO)(CO)CO.[2H]P(Br)(Br)(Br)Br. The fourth-order valence-electron chi connectivity index (χ4n) is 11.9. The molecule has 13 fully saturated rings. The van der Waals surface area contributed by atoms with E-state index in [1.54, 1.807) is 34.6 Å². The van der Waals surface area contributed by atoms with E-state index < -0.39 is 197 Å². The third-order valence-corrected chi connectivity index (χ3v) is 27.4. The van der Waals surface area contributed by atoms with E-state index in [1.165, 1.54) is 6.42 Å². The number of alkyl halides is 4. The van der Waals surface area contributed by atoms with Gasteiger partial charge in [-0.2, -0.15) is 0 Å². The molecule has 0 aliphatic carbocycles. The van der Waals surface area contributed by atoms with Crippen molar-refractivity contribution in [3.05, 3.63) is 0 Å². The monoisotopic (exact) mass is 2400 g/mol. The molecule has 0 unspecified atom stereocenters. The number of fused-ring (bicyclic) bond motifs is 12. The summed E-state index contributed by atoms with van der Waals surface area (Å²) in [6, 6.07) is 0. The summed E-state index contributed by atoms with van der Waals surface area (Å²) in [6.45, 7) is 10.5. The van der Waals surface area contributed by atoms with E-state index in [4.69, 9.17) is 136 Å². The van der Waals surface area contributed by atoms with Crippen LogP contribution in [-0.2, 0) is 104 Å². The Morgan fingerprint density at radius 2 is 0.430 bits per heavy atom. The van der Waals surface area contributed by atoms with Gasteiger partial charge in [0.2, 0.25) is 0 Å². The minimum absolute atomic E-state index is 0. The first-order valence-corrected chi connectivity index (χ1v) is 55.7. The number of rotatable bonds is 54. The Kier molecular flexibility index (Phi) is 58.8. The molecule has 13 aliphatic rings. The normalized spacial score (nSPS) is 27.8. The van der Waals surface area contributed by atoms with Gasteiger partial charge in [0.25, 0.3) is 23.9 Å². The number of halogens is 8. The van der Waals surface area contributed by atoms with Gasteiger partial charge >= 0.3 is 65.3 Å². The fraction of sp³-hybridized carbons (Fsp3) is 1.00. The van der Waals surface area contributed by atoms with E-state index in [2.05, 4.69) is 140 Å². The van der Waals surface area contributed by atoms with Gasteiger partial charge < -0.3 is 196 Å². The van der Waals surface area contributed by atoms with Crippen molar-refractivity contribution >= 4 is 128 Å². The summed E-state index contributed by atoms with van der Waals surface area (Å²) in [5, 5.41) is 172. The van der Waals surface area contributed by atoms with Crippen LogP contribution < -0.4 is 0 Å². The summed E-state index contributed by atoms with van der Waals surface area (Å²) in [5.41, 5.74) is -10.7. The zero-order valence-electron chi connectivity index (χ0n) is 75.1. The minimum atomic E-state index is -2.55. The van der Waals surface area contributed by atoms with Crippen LogP contribution in [0.3, 0.4) is 0 Å². The van der Waals surface area contributed by atoms with Gasteiger partial charge in [0.15, 0.2) is 6.29 Å². The average Bonchev–Trinajstić information content (AvgIpc) is 0.781. The Labute approximate surface area is 820 Å². The van der Waals surface area contributed by atoms with E-state index in [1.807, 2.05) is 0 Å². The Balaban J connectivity index is 0.000000623. The molecule has 0 aromatic heterocycles. The zero-order valence-corrected chi connectivity index (χ0v) is 87.6. The number of ether oxygens (including phenoxy) is 22. The summed E-state index contributed by atoms with van der Waals surface area (Å²) in [7, 11) is 0. The van der Waals surface area contributed by atoms with Gasteiger partial charge in [0, 0.05) is 54.4 Å². The molecule has 0 aromatic rings. The zero-order chi connectivity index (χ0) is 96.6. The molecule has 0 radical (unpaired) electrons. The molecular weight excluding hydrogens is 2260 g/mol. The van der Waals surface area contributed by atoms with Crippen molar-refractivity contribution in [2.75, 3.05) is 338 Å². The molecule has 13 rings (SSSR count). The Bertz CT molecular complexity index is 2460. The van der Waals surface area contributed by atoms with E-state index in [0.29, 0.717) is 124 Å². The van der Waals surface area contributed by atoms with E-state index in [9.17, 15) is 61.3 Å². The summed E-state index contributed by atoms with van der Waals surface area (Å²) < 4.78 is 134. The van der Waals surface area contributed by atoms with Crippen LogP contribution in [0.1, 0.15) is 62.3 Å². The van der Waals surface area contributed by atoms with E-state index in [-0.39, 0.29) is 106 Å². The topological polar surface area (TPSA) is 567 Å². The van der Waals surface area contributed by atoms with Crippen molar-refractivity contribution in [2.24, 2.45) is 70.4 Å². The van der Waals surface area contributed by atoms with Crippen molar-refractivity contribution in [3.63, 3.8) is 0 Å². The quantitative estimate of drug-likeness (QED) is 0.0305. The van der Waals surface area contributed by atoms with E-state index >= 15 is 0 Å². The van der Waals surface area contributed by atoms with Gasteiger partial charge in [0.1, 0.15) is 0 Å². The maximum atomic E-state index is 9.66. The Hall–Kier alpha value is 2.67. The summed E-state index contributed by atoms with van der Waals surface area (Å²) >= 11 is 26.0. The predicted molar refractivity (Wildman–Crippen MR) is 494 cm³/mol. The molecule has 0 atom stereocenters. The molecule has 128 heavy (non-hydrogen) atoms. The second-order valence-electron chi connectivity index (χ2n) is 36.0. The molecule has 40 nitrogen and oxygen atoms in total. The summed E-state index contributed by atoms with van der Waals surface area (Å²) in [6.07, 6.45) is 1.03. The van der Waals surface area contributed by atoms with Gasteiger partial charge in [-0.15, -0.1) is 0 Å². The summed E-state index contributed by atoms with van der Waals surface area (Å²) in [5.74, 6) is -3.98. The third kappa shape index (κ3) is 40.1. The van der Waals surface area contributed by atoms with Gasteiger partial charge in [-0.1, -0.05) is 91.4 Å². The van der Waals surface area contributed by atoms with Crippen LogP contribution in [0, 0.1) is 70.4 Å². The molecule has 0 saturated carbocycles. The molecule has 13 heterocycles. The second-order valence-corrected chi connectivity index (χ2v) is 68.9. The number of aliphatic hydroxyl groups excluding tert-OH is 18. The maximum absolute atomic E-state index is 9.66. The van der Waals surface area contributed by atoms with Crippen LogP contribution in [0.2, 0.25) is 0 Å². The molecule has 49 heteroatoms. The molecule has 18 N–H and O–H groups in total. The fourth-order valence-corrected chi connectivity index (χ4v) is 17.4. The van der Waals surface area contributed by atoms with Crippen molar-refractivity contribution in [1.29, 1.82) is 1.28 Å². The molecule has 13 aliphatic heterocycles. The van der Waals surface area contributed by atoms with Crippen LogP contribution >= 0.6 is 128 Å². The third-order valence-electron chi connectivity index (χ3n) is 22.6. The van der Waals surface area contributed by atoms with Crippen LogP contribution in [0.25, 0.3) is 0 Å². The molecule has 8 bridgehead atoms. The molecule has 0 spiro atoms. The van der Waals surface area contributed by atoms with Crippen molar-refractivity contribution in [1.82, 2.24) is 0 Å². The predicted octanol–water partition coefficient (Wildman–Crippen LogP) is 1.75. The van der Waals surface area contributed by atoms with Crippen molar-refractivity contribution in [3.8, 4) is 0 Å². The van der Waals surface area contributed by atoms with Gasteiger partial charge in [-0.3, -0.25) is 0 Å². The van der Waals surface area contributed by atoms with Crippen molar-refractivity contribution in [2.45, 2.75) is 92.5 Å². The molecular formula is C79H151Br8O40P. The Morgan fingerprint density at radius 3 is 0.555 bits per heavy atom. The summed E-state index contributed by atoms with van der Waals surface area (Å²) in [4.78, 5) is 0. The van der Waals surface area contributed by atoms with Crippen LogP contribution in [0.15, 0.2) is 0 Å². The first-order valence-electron chi connectivity index (χ1n) is 41.8. The van der Waals surface area contributed by atoms with Gasteiger partial charge in [-0.05, 0) is 6.92 Å². The molecule has 13 saturated heterocycles. The molecule has 0 aromatic carbocycles. The second kappa shape index (κ2) is 60.3. The van der Waals surface area contributed by atoms with Gasteiger partial charge in [0.05, 0.1) is 382 Å². The first-order chi connectivity index (χ1) is 60.2. The van der Waals surface area contributed by atoms with Crippen LogP contribution in [0.5, 0.6) is 0 Å². The number of hydrogen-bond donors (Lipinski definition) is 18. The van der Waals surface area contributed by atoms with E-state index in [0.717, 1.165) is 21.3 Å². The van der Waals surface area contributed by atoms with Gasteiger partial charge in [-0.25, -0.2) is 0 Å². The number of aliphatic hydroxyl groups is 18. The van der Waals surface area contributed by atoms with Crippen LogP contribution in [-0.4, -0.2) is 462 Å². The molecule has 0 amide bonds. The average molecular weight is 2410 g/mol. The Morgan fingerprint density at radius 1 is 0.281 bits per heavy atom. The first kappa shape index (κ1) is 125. The number of hydrogen-bond acceptors (Lipinski definition) is 40. The van der Waals surface area contributed by atoms with Crippen LogP contribution in [0.4, 0.5) is 0 Å².